The van der Waals surface area contributed by atoms with Crippen molar-refractivity contribution in [2.45, 2.75) is 51.1 Å². The highest BCUT2D eigenvalue weighted by Gasteiger charge is 2.25. The number of hydrogen-bond acceptors (Lipinski definition) is 5. The van der Waals surface area contributed by atoms with Crippen molar-refractivity contribution in [1.82, 2.24) is 14.5 Å². The number of piperidine rings is 1. The molecule has 0 radical (unpaired) electrons. The number of carbonyl (C=O) groups excluding carboxylic acids is 1. The fourth-order valence-corrected chi connectivity index (χ4v) is 4.87. The van der Waals surface area contributed by atoms with E-state index in [0.29, 0.717) is 24.1 Å². The number of nitrogens with two attached hydrogens (primary N) is 1. The summed E-state index contributed by atoms with van der Waals surface area (Å²) in [5, 5.41) is 1.09. The molecule has 6 nitrogen and oxygen atoms in total. The zero-order valence-corrected chi connectivity index (χ0v) is 17.5. The summed E-state index contributed by atoms with van der Waals surface area (Å²) in [6.45, 7) is 4.00. The quantitative estimate of drug-likeness (QED) is 0.657. The van der Waals surface area contributed by atoms with Gasteiger partial charge in [-0.1, -0.05) is 6.92 Å². The molecule has 1 saturated heterocycles. The standard InChI is InChI=1S/C24H29N5O/c1-16-11-19(25)15-28(14-16)22-7-9-26-13-18(22)12-23(30)21-6-5-17-8-10-29(24(17)27-21)20-3-2-4-20/h5-10,13,16,19-20H,2-4,11-12,14-15,25H2,1H3/t16-,19+/m1/s1. The van der Waals surface area contributed by atoms with Crippen LogP contribution < -0.4 is 10.6 Å². The molecular weight excluding hydrogens is 374 g/mol. The zero-order chi connectivity index (χ0) is 20.7. The number of fused-ring (bicyclic) bond motifs is 1. The maximum absolute atomic E-state index is 13.2. The van der Waals surface area contributed by atoms with Crippen molar-refractivity contribution in [1.29, 1.82) is 0 Å². The Hall–Kier alpha value is -2.73. The SMILES string of the molecule is C[C@@H]1C[C@H](N)CN(c2ccncc2CC(=O)c2ccc3ccn(C4CCC4)c3n2)C1. The van der Waals surface area contributed by atoms with Gasteiger partial charge in [0.1, 0.15) is 11.3 Å². The van der Waals surface area contributed by atoms with Crippen LogP contribution in [0.4, 0.5) is 5.69 Å². The molecule has 0 bridgehead atoms. The Balaban J connectivity index is 1.40. The minimum absolute atomic E-state index is 0.0295. The number of hydrogen-bond donors (Lipinski definition) is 1. The molecule has 2 fully saturated rings. The van der Waals surface area contributed by atoms with Crippen LogP contribution >= 0.6 is 0 Å². The number of anilines is 1. The van der Waals surface area contributed by atoms with Crippen molar-refractivity contribution in [3.8, 4) is 0 Å². The lowest BCUT2D eigenvalue weighted by Crippen LogP contribution is -2.46. The molecule has 4 heterocycles. The number of carbonyl (C=O) groups is 1. The average molecular weight is 404 g/mol. The molecule has 1 aliphatic heterocycles. The van der Waals surface area contributed by atoms with Gasteiger partial charge in [-0.3, -0.25) is 9.78 Å². The lowest BCUT2D eigenvalue weighted by molar-refractivity contribution is 0.0988. The van der Waals surface area contributed by atoms with Crippen molar-refractivity contribution in [2.75, 3.05) is 18.0 Å². The molecule has 0 spiro atoms. The van der Waals surface area contributed by atoms with E-state index in [1.165, 1.54) is 19.3 Å². The second-order valence-electron chi connectivity index (χ2n) is 9.03. The molecule has 0 amide bonds. The molecule has 30 heavy (non-hydrogen) atoms. The van der Waals surface area contributed by atoms with E-state index in [0.717, 1.165) is 41.8 Å². The first-order chi connectivity index (χ1) is 14.6. The average Bonchev–Trinajstić information content (AvgIpc) is 3.09. The van der Waals surface area contributed by atoms with Gasteiger partial charge in [-0.15, -0.1) is 0 Å². The third-order valence-corrected chi connectivity index (χ3v) is 6.58. The minimum Gasteiger partial charge on any atom is -0.369 e. The minimum atomic E-state index is 0.0295. The highest BCUT2D eigenvalue weighted by Crippen LogP contribution is 2.34. The van der Waals surface area contributed by atoms with Gasteiger partial charge >= 0.3 is 0 Å². The fourth-order valence-electron chi connectivity index (χ4n) is 4.87. The molecular formula is C24H29N5O. The Bertz CT molecular complexity index is 1060. The predicted octanol–water partition coefficient (Wildman–Crippen LogP) is 3.76. The zero-order valence-electron chi connectivity index (χ0n) is 17.5. The van der Waals surface area contributed by atoms with Crippen LogP contribution in [0.5, 0.6) is 0 Å². The molecule has 1 saturated carbocycles. The number of rotatable bonds is 5. The predicted molar refractivity (Wildman–Crippen MR) is 119 cm³/mol. The lowest BCUT2D eigenvalue weighted by atomic mass is 9.93. The molecule has 0 aromatic carbocycles. The number of Topliss-reactive ketones (excluding diaryl/α,β-unsaturated/α-hetero) is 1. The molecule has 1 aliphatic carbocycles. The second kappa shape index (κ2) is 7.84. The van der Waals surface area contributed by atoms with E-state index in [-0.39, 0.29) is 11.8 Å². The fraction of sp³-hybridized carbons (Fsp3) is 0.458. The van der Waals surface area contributed by atoms with Crippen LogP contribution in [0, 0.1) is 5.92 Å². The first-order valence-electron chi connectivity index (χ1n) is 11.0. The van der Waals surface area contributed by atoms with Crippen molar-refractivity contribution in [3.05, 3.63) is 54.1 Å². The third-order valence-electron chi connectivity index (χ3n) is 6.58. The summed E-state index contributed by atoms with van der Waals surface area (Å²) in [5.74, 6) is 0.565. The first-order valence-corrected chi connectivity index (χ1v) is 11.0. The highest BCUT2D eigenvalue weighted by molar-refractivity contribution is 5.98. The second-order valence-corrected chi connectivity index (χ2v) is 9.03. The van der Waals surface area contributed by atoms with E-state index in [9.17, 15) is 4.79 Å². The van der Waals surface area contributed by atoms with Gasteiger partial charge in [0.05, 0.1) is 0 Å². The normalized spacial score (nSPS) is 22.3. The van der Waals surface area contributed by atoms with Crippen molar-refractivity contribution < 1.29 is 4.79 Å². The Kier molecular flexibility index (Phi) is 5.03. The van der Waals surface area contributed by atoms with Crippen molar-refractivity contribution >= 4 is 22.5 Å². The van der Waals surface area contributed by atoms with E-state index < -0.39 is 0 Å². The highest BCUT2D eigenvalue weighted by atomic mass is 16.1. The molecule has 5 rings (SSSR count). The lowest BCUT2D eigenvalue weighted by Gasteiger charge is -2.37. The number of aromatic nitrogens is 3. The van der Waals surface area contributed by atoms with Crippen LogP contribution in [-0.4, -0.2) is 39.4 Å². The van der Waals surface area contributed by atoms with E-state index >= 15 is 0 Å². The summed E-state index contributed by atoms with van der Waals surface area (Å²) in [6.07, 6.45) is 10.7. The number of pyridine rings is 2. The van der Waals surface area contributed by atoms with Crippen LogP contribution in [0.25, 0.3) is 11.0 Å². The number of ketones is 1. The first kappa shape index (κ1) is 19.2. The molecule has 2 atom stereocenters. The summed E-state index contributed by atoms with van der Waals surface area (Å²) in [4.78, 5) is 24.5. The molecule has 2 N–H and O–H groups in total. The van der Waals surface area contributed by atoms with Gasteiger partial charge in [0.15, 0.2) is 5.78 Å². The molecule has 6 heteroatoms. The van der Waals surface area contributed by atoms with Crippen molar-refractivity contribution in [2.24, 2.45) is 11.7 Å². The molecule has 0 unspecified atom stereocenters. The smallest absolute Gasteiger partial charge is 0.185 e. The van der Waals surface area contributed by atoms with Gasteiger partial charge in [0.25, 0.3) is 0 Å². The van der Waals surface area contributed by atoms with Gasteiger partial charge in [0.2, 0.25) is 0 Å². The van der Waals surface area contributed by atoms with E-state index in [2.05, 4.69) is 33.6 Å². The monoisotopic (exact) mass is 403 g/mol. The molecule has 3 aromatic heterocycles. The maximum atomic E-state index is 13.2. The number of nitrogens with zero attached hydrogens (tertiary/aromatic N) is 4. The molecule has 156 valence electrons. The Morgan fingerprint density at radius 2 is 2.07 bits per heavy atom. The van der Waals surface area contributed by atoms with E-state index in [4.69, 9.17) is 10.7 Å². The van der Waals surface area contributed by atoms with E-state index in [1.54, 1.807) is 6.20 Å². The van der Waals surface area contributed by atoms with E-state index in [1.807, 2.05) is 24.4 Å². The van der Waals surface area contributed by atoms with Gasteiger partial charge in [-0.25, -0.2) is 4.98 Å². The Labute approximate surface area is 177 Å². The largest absolute Gasteiger partial charge is 0.369 e. The van der Waals surface area contributed by atoms with Crippen LogP contribution in [-0.2, 0) is 6.42 Å². The van der Waals surface area contributed by atoms with Crippen LogP contribution in [0.2, 0.25) is 0 Å². The molecule has 3 aromatic rings. The summed E-state index contributed by atoms with van der Waals surface area (Å²) in [7, 11) is 0. The molecule has 2 aliphatic rings. The third kappa shape index (κ3) is 3.60. The summed E-state index contributed by atoms with van der Waals surface area (Å²) < 4.78 is 2.24. The Morgan fingerprint density at radius 1 is 1.20 bits per heavy atom. The van der Waals surface area contributed by atoms with Gasteiger partial charge in [0, 0.05) is 66.8 Å². The van der Waals surface area contributed by atoms with Gasteiger partial charge in [-0.05, 0) is 55.9 Å². The van der Waals surface area contributed by atoms with Gasteiger partial charge in [-0.2, -0.15) is 0 Å². The van der Waals surface area contributed by atoms with Crippen molar-refractivity contribution in [3.63, 3.8) is 0 Å². The summed E-state index contributed by atoms with van der Waals surface area (Å²) >= 11 is 0. The maximum Gasteiger partial charge on any atom is 0.185 e. The summed E-state index contributed by atoms with van der Waals surface area (Å²) in [5.41, 5.74) is 9.72. The van der Waals surface area contributed by atoms with Crippen LogP contribution in [0.15, 0.2) is 42.9 Å². The van der Waals surface area contributed by atoms with Gasteiger partial charge < -0.3 is 15.2 Å². The summed E-state index contributed by atoms with van der Waals surface area (Å²) in [6, 6.07) is 8.65. The van der Waals surface area contributed by atoms with Crippen LogP contribution in [0.3, 0.4) is 0 Å². The Morgan fingerprint density at radius 3 is 2.83 bits per heavy atom. The topological polar surface area (TPSA) is 77.0 Å². The van der Waals surface area contributed by atoms with Crippen LogP contribution in [0.1, 0.15) is 54.7 Å².